The van der Waals surface area contributed by atoms with Crippen molar-refractivity contribution < 1.29 is 9.53 Å². The maximum atomic E-state index is 11.2. The van der Waals surface area contributed by atoms with Crippen LogP contribution in [0.4, 0.5) is 0 Å². The number of pyridine rings is 1. The summed E-state index contributed by atoms with van der Waals surface area (Å²) in [7, 11) is 0. The molecule has 0 aliphatic carbocycles. The van der Waals surface area contributed by atoms with Crippen molar-refractivity contribution in [1.82, 2.24) is 4.98 Å². The second kappa shape index (κ2) is 5.41. The fraction of sp³-hybridized carbons (Fsp3) is 0.200. The summed E-state index contributed by atoms with van der Waals surface area (Å²) in [5.74, 6) is 1.18. The maximum absolute atomic E-state index is 11.2. The summed E-state index contributed by atoms with van der Waals surface area (Å²) >= 11 is 5.97. The van der Waals surface area contributed by atoms with Crippen LogP contribution in [0.1, 0.15) is 28.4 Å². The number of nitrogens with zero attached hydrogens (tertiary/aromatic N) is 1. The highest BCUT2D eigenvalue weighted by atomic mass is 35.5. The average Bonchev–Trinajstić information content (AvgIpc) is 2.34. The van der Waals surface area contributed by atoms with E-state index in [1.165, 1.54) is 13.1 Å². The summed E-state index contributed by atoms with van der Waals surface area (Å²) in [5.41, 5.74) is 2.46. The number of Topliss-reactive ketones (excluding diaryl/α,β-unsaturated/α-hetero) is 1. The molecular weight excluding hydrogens is 262 g/mol. The lowest BCUT2D eigenvalue weighted by Gasteiger charge is -2.11. The number of carbonyl (C=O) groups excluding carboxylic acids is 1. The van der Waals surface area contributed by atoms with Gasteiger partial charge in [0, 0.05) is 22.8 Å². The van der Waals surface area contributed by atoms with Crippen LogP contribution in [0.3, 0.4) is 0 Å². The molecule has 1 aromatic heterocycles. The second-order valence-corrected chi connectivity index (χ2v) is 4.85. The monoisotopic (exact) mass is 275 g/mol. The molecule has 0 fully saturated rings. The van der Waals surface area contributed by atoms with Crippen LogP contribution in [0.25, 0.3) is 0 Å². The number of hydrogen-bond donors (Lipinski definition) is 0. The number of ether oxygens (including phenoxy) is 1. The van der Waals surface area contributed by atoms with E-state index in [0.717, 1.165) is 16.9 Å². The zero-order chi connectivity index (χ0) is 14.0. The molecule has 0 atom stereocenters. The molecule has 0 spiro atoms. The van der Waals surface area contributed by atoms with Gasteiger partial charge in [-0.3, -0.25) is 4.79 Å². The number of halogens is 1. The molecule has 2 aromatic rings. The van der Waals surface area contributed by atoms with Crippen molar-refractivity contribution in [1.29, 1.82) is 0 Å². The van der Waals surface area contributed by atoms with Gasteiger partial charge in [-0.15, -0.1) is 0 Å². The number of carbonyl (C=O) groups is 1. The minimum Gasteiger partial charge on any atom is -0.438 e. The molecule has 0 unspecified atom stereocenters. The molecule has 3 nitrogen and oxygen atoms in total. The molecule has 0 aliphatic heterocycles. The molecule has 0 saturated carbocycles. The maximum Gasteiger partial charge on any atom is 0.219 e. The number of aromatic nitrogens is 1. The quantitative estimate of drug-likeness (QED) is 0.782. The molecule has 98 valence electrons. The first kappa shape index (κ1) is 13.6. The van der Waals surface area contributed by atoms with Gasteiger partial charge < -0.3 is 4.74 Å². The van der Waals surface area contributed by atoms with Gasteiger partial charge >= 0.3 is 0 Å². The third-order valence-corrected chi connectivity index (χ3v) is 2.99. The zero-order valence-corrected chi connectivity index (χ0v) is 11.8. The van der Waals surface area contributed by atoms with E-state index in [4.69, 9.17) is 16.3 Å². The lowest BCUT2D eigenvalue weighted by Crippen LogP contribution is -1.96. The van der Waals surface area contributed by atoms with E-state index in [0.29, 0.717) is 16.5 Å². The van der Waals surface area contributed by atoms with Gasteiger partial charge in [-0.2, -0.15) is 0 Å². The van der Waals surface area contributed by atoms with Crippen LogP contribution in [-0.2, 0) is 0 Å². The molecule has 0 aliphatic rings. The predicted molar refractivity (Wildman–Crippen MR) is 75.2 cm³/mol. The predicted octanol–water partition coefficient (Wildman–Crippen LogP) is 4.35. The van der Waals surface area contributed by atoms with Gasteiger partial charge in [0.2, 0.25) is 5.88 Å². The Labute approximate surface area is 117 Å². The minimum absolute atomic E-state index is 0.0158. The van der Waals surface area contributed by atoms with Crippen LogP contribution in [-0.4, -0.2) is 10.8 Å². The highest BCUT2D eigenvalue weighted by molar-refractivity contribution is 6.30. The lowest BCUT2D eigenvalue weighted by atomic mass is 10.1. The Morgan fingerprint density at radius 1 is 1.21 bits per heavy atom. The summed E-state index contributed by atoms with van der Waals surface area (Å²) < 4.78 is 5.75. The third kappa shape index (κ3) is 3.12. The van der Waals surface area contributed by atoms with Gasteiger partial charge in [-0.25, -0.2) is 4.98 Å². The van der Waals surface area contributed by atoms with Gasteiger partial charge in [0.25, 0.3) is 0 Å². The molecule has 1 aromatic carbocycles. The van der Waals surface area contributed by atoms with Crippen molar-refractivity contribution in [3.05, 3.63) is 52.2 Å². The van der Waals surface area contributed by atoms with Crippen molar-refractivity contribution >= 4 is 17.4 Å². The number of aryl methyl sites for hydroxylation is 2. The summed E-state index contributed by atoms with van der Waals surface area (Å²) in [5, 5.41) is 0.683. The van der Waals surface area contributed by atoms with Crippen molar-refractivity contribution in [2.24, 2.45) is 0 Å². The molecule has 1 heterocycles. The van der Waals surface area contributed by atoms with Crippen LogP contribution in [0.5, 0.6) is 11.6 Å². The van der Waals surface area contributed by atoms with E-state index in [2.05, 4.69) is 4.98 Å². The Morgan fingerprint density at radius 3 is 2.32 bits per heavy atom. The molecule has 2 rings (SSSR count). The van der Waals surface area contributed by atoms with Gasteiger partial charge in [-0.05, 0) is 50.1 Å². The first-order chi connectivity index (χ1) is 8.97. The van der Waals surface area contributed by atoms with Crippen LogP contribution in [0.15, 0.2) is 30.5 Å². The van der Waals surface area contributed by atoms with E-state index >= 15 is 0 Å². The topological polar surface area (TPSA) is 39.2 Å². The van der Waals surface area contributed by atoms with Crippen molar-refractivity contribution in [2.45, 2.75) is 20.8 Å². The normalized spacial score (nSPS) is 10.3. The van der Waals surface area contributed by atoms with Gasteiger partial charge in [0.05, 0.1) is 0 Å². The van der Waals surface area contributed by atoms with Crippen LogP contribution < -0.4 is 4.74 Å². The third-order valence-electron chi connectivity index (χ3n) is 2.77. The van der Waals surface area contributed by atoms with Crippen LogP contribution in [0.2, 0.25) is 5.02 Å². The SMILES string of the molecule is CC(=O)c1ccc(Oc2c(C)cc(Cl)cc2C)nc1. The van der Waals surface area contributed by atoms with E-state index in [1.54, 1.807) is 12.1 Å². The number of benzene rings is 1. The van der Waals surface area contributed by atoms with Crippen molar-refractivity contribution in [2.75, 3.05) is 0 Å². The largest absolute Gasteiger partial charge is 0.438 e. The van der Waals surface area contributed by atoms with Crippen molar-refractivity contribution in [3.63, 3.8) is 0 Å². The molecule has 0 saturated heterocycles. The summed E-state index contributed by atoms with van der Waals surface area (Å²) in [6.07, 6.45) is 1.51. The first-order valence-electron chi connectivity index (χ1n) is 5.89. The standard InChI is InChI=1S/C15H14ClNO2/c1-9-6-13(16)7-10(2)15(9)19-14-5-4-12(8-17-14)11(3)18/h4-8H,1-3H3. The summed E-state index contributed by atoms with van der Waals surface area (Å²) in [6, 6.07) is 7.07. The minimum atomic E-state index is -0.0158. The van der Waals surface area contributed by atoms with E-state index in [9.17, 15) is 4.79 Å². The molecule has 0 radical (unpaired) electrons. The summed E-state index contributed by atoms with van der Waals surface area (Å²) in [4.78, 5) is 15.3. The van der Waals surface area contributed by atoms with Gasteiger partial charge in [0.15, 0.2) is 5.78 Å². The lowest BCUT2D eigenvalue weighted by molar-refractivity contribution is 0.101. The van der Waals surface area contributed by atoms with Gasteiger partial charge in [0.1, 0.15) is 5.75 Å². The number of hydrogen-bond acceptors (Lipinski definition) is 3. The molecule has 0 N–H and O–H groups in total. The van der Waals surface area contributed by atoms with Crippen LogP contribution in [0, 0.1) is 13.8 Å². The van der Waals surface area contributed by atoms with Crippen LogP contribution >= 0.6 is 11.6 Å². The van der Waals surface area contributed by atoms with Crippen molar-refractivity contribution in [3.8, 4) is 11.6 Å². The Kier molecular flexibility index (Phi) is 3.86. The Hall–Kier alpha value is -1.87. The smallest absolute Gasteiger partial charge is 0.219 e. The number of ketones is 1. The fourth-order valence-corrected chi connectivity index (χ4v) is 2.14. The van der Waals surface area contributed by atoms with Gasteiger partial charge in [-0.1, -0.05) is 11.6 Å². The van der Waals surface area contributed by atoms with E-state index in [1.807, 2.05) is 26.0 Å². The molecule has 0 bridgehead atoms. The highest BCUT2D eigenvalue weighted by Crippen LogP contribution is 2.30. The molecule has 19 heavy (non-hydrogen) atoms. The average molecular weight is 276 g/mol. The fourth-order valence-electron chi connectivity index (χ4n) is 1.81. The zero-order valence-electron chi connectivity index (χ0n) is 11.0. The molecule has 4 heteroatoms. The van der Waals surface area contributed by atoms with E-state index in [-0.39, 0.29) is 5.78 Å². The first-order valence-corrected chi connectivity index (χ1v) is 6.27. The number of rotatable bonds is 3. The summed E-state index contributed by atoms with van der Waals surface area (Å²) in [6.45, 7) is 5.36. The second-order valence-electron chi connectivity index (χ2n) is 4.41. The molecular formula is C15H14ClNO2. The highest BCUT2D eigenvalue weighted by Gasteiger charge is 2.08. The molecule has 0 amide bonds. The Bertz CT molecular complexity index is 598. The van der Waals surface area contributed by atoms with E-state index < -0.39 is 0 Å². The Balaban J connectivity index is 2.29. The Morgan fingerprint density at radius 2 is 1.84 bits per heavy atom.